The van der Waals surface area contributed by atoms with Gasteiger partial charge in [-0.3, -0.25) is 4.79 Å². The lowest BCUT2D eigenvalue weighted by molar-refractivity contribution is -0.137. The first-order valence-corrected chi connectivity index (χ1v) is 7.64. The zero-order chi connectivity index (χ0) is 14.8. The maximum atomic E-state index is 12.0. The van der Waals surface area contributed by atoms with Gasteiger partial charge in [0.1, 0.15) is 6.54 Å². The third-order valence-electron chi connectivity index (χ3n) is 2.42. The topological polar surface area (TPSA) is 66.9 Å². The van der Waals surface area contributed by atoms with Crippen LogP contribution in [0.25, 0.3) is 0 Å². The van der Waals surface area contributed by atoms with E-state index >= 15 is 0 Å². The van der Waals surface area contributed by atoms with Crippen LogP contribution in [0.15, 0.2) is 4.34 Å². The van der Waals surface area contributed by atoms with Crippen LogP contribution in [0.5, 0.6) is 0 Å². The smallest absolute Gasteiger partial charge is 0.357 e. The molecule has 1 saturated carbocycles. The average Bonchev–Trinajstić information content (AvgIpc) is 3.05. The minimum absolute atomic E-state index is 0.452. The van der Waals surface area contributed by atoms with Crippen molar-refractivity contribution in [2.24, 2.45) is 0 Å². The van der Waals surface area contributed by atoms with E-state index in [1.807, 2.05) is 5.32 Å². The number of hydrogen-bond acceptors (Lipinski definition) is 6. The van der Waals surface area contributed by atoms with Crippen LogP contribution in [-0.2, 0) is 4.79 Å². The van der Waals surface area contributed by atoms with Crippen LogP contribution in [0.3, 0.4) is 0 Å². The molecule has 0 aliphatic heterocycles. The molecular weight excluding hydrogens is 313 g/mol. The Morgan fingerprint density at radius 1 is 1.50 bits per heavy atom. The van der Waals surface area contributed by atoms with Crippen LogP contribution >= 0.6 is 23.1 Å². The summed E-state index contributed by atoms with van der Waals surface area (Å²) >= 11 is 2.39. The Labute approximate surface area is 121 Å². The highest BCUT2D eigenvalue weighted by Gasteiger charge is 2.29. The molecule has 2 rings (SSSR count). The van der Waals surface area contributed by atoms with E-state index in [0.29, 0.717) is 15.5 Å². The summed E-state index contributed by atoms with van der Waals surface area (Å²) < 4.78 is 36.5. The molecule has 0 spiro atoms. The predicted molar refractivity (Wildman–Crippen MR) is 70.9 cm³/mol. The second-order valence-electron chi connectivity index (χ2n) is 4.38. The lowest BCUT2D eigenvalue weighted by Crippen LogP contribution is -2.37. The van der Waals surface area contributed by atoms with E-state index in [-0.39, 0.29) is 0 Å². The van der Waals surface area contributed by atoms with Gasteiger partial charge in [-0.25, -0.2) is 0 Å². The van der Waals surface area contributed by atoms with Crippen molar-refractivity contribution in [2.75, 3.05) is 11.9 Å². The molecule has 1 amide bonds. The SMILES string of the molecule is CC(Sc1nnc(NC2CC2)s1)C(=O)NCC(F)(F)F. The highest BCUT2D eigenvalue weighted by Crippen LogP contribution is 2.32. The maximum Gasteiger partial charge on any atom is 0.405 e. The Hall–Kier alpha value is -1.03. The summed E-state index contributed by atoms with van der Waals surface area (Å²) in [4.78, 5) is 11.5. The fraction of sp³-hybridized carbons (Fsp3) is 0.700. The molecule has 1 aromatic heterocycles. The van der Waals surface area contributed by atoms with Gasteiger partial charge in [0, 0.05) is 6.04 Å². The number of nitrogens with one attached hydrogen (secondary N) is 2. The van der Waals surface area contributed by atoms with E-state index in [2.05, 4.69) is 15.5 Å². The minimum Gasteiger partial charge on any atom is -0.357 e. The van der Waals surface area contributed by atoms with Crippen molar-refractivity contribution in [1.29, 1.82) is 0 Å². The summed E-state index contributed by atoms with van der Waals surface area (Å²) in [6, 6.07) is 0.452. The number of hydrogen-bond donors (Lipinski definition) is 2. The molecule has 2 N–H and O–H groups in total. The van der Waals surface area contributed by atoms with Crippen molar-refractivity contribution in [3.05, 3.63) is 0 Å². The van der Waals surface area contributed by atoms with Crippen molar-refractivity contribution < 1.29 is 18.0 Å². The molecule has 1 aliphatic rings. The molecule has 5 nitrogen and oxygen atoms in total. The van der Waals surface area contributed by atoms with E-state index in [4.69, 9.17) is 0 Å². The van der Waals surface area contributed by atoms with Crippen molar-refractivity contribution in [3.8, 4) is 0 Å². The summed E-state index contributed by atoms with van der Waals surface area (Å²) in [6.45, 7) is 0.215. The Balaban J connectivity index is 1.79. The Bertz CT molecular complexity index is 475. The molecule has 0 radical (unpaired) electrons. The number of carbonyl (C=O) groups excluding carboxylic acids is 1. The minimum atomic E-state index is -4.40. The fourth-order valence-corrected chi connectivity index (χ4v) is 3.25. The first kappa shape index (κ1) is 15.4. The number of amides is 1. The standard InChI is InChI=1S/C10H13F3N4OS2/c1-5(7(18)14-4-10(11,12)13)19-9-17-16-8(20-9)15-6-2-3-6/h5-6H,2-4H2,1H3,(H,14,18)(H,15,16). The highest BCUT2D eigenvalue weighted by atomic mass is 32.2. The number of halogens is 3. The lowest BCUT2D eigenvalue weighted by atomic mass is 10.4. The first-order chi connectivity index (χ1) is 9.33. The number of nitrogens with zero attached hydrogens (tertiary/aromatic N) is 2. The quantitative estimate of drug-likeness (QED) is 0.785. The average molecular weight is 326 g/mol. The Morgan fingerprint density at radius 2 is 2.20 bits per heavy atom. The van der Waals surface area contributed by atoms with Gasteiger partial charge in [0.25, 0.3) is 0 Å². The van der Waals surface area contributed by atoms with Gasteiger partial charge in [0.15, 0.2) is 4.34 Å². The summed E-state index contributed by atoms with van der Waals surface area (Å²) in [5.41, 5.74) is 0. The Kier molecular flexibility index (Phi) is 4.74. The third kappa shape index (κ3) is 5.16. The fourth-order valence-electron chi connectivity index (χ4n) is 1.25. The molecule has 1 aliphatic carbocycles. The molecule has 10 heteroatoms. The van der Waals surface area contributed by atoms with Gasteiger partial charge in [-0.1, -0.05) is 23.1 Å². The molecule has 1 fully saturated rings. The number of aromatic nitrogens is 2. The van der Waals surface area contributed by atoms with Crippen LogP contribution in [0.1, 0.15) is 19.8 Å². The van der Waals surface area contributed by atoms with Crippen molar-refractivity contribution >= 4 is 34.1 Å². The zero-order valence-corrected chi connectivity index (χ0v) is 12.2. The summed E-state index contributed by atoms with van der Waals surface area (Å²) in [5.74, 6) is -0.667. The van der Waals surface area contributed by atoms with Gasteiger partial charge in [0.2, 0.25) is 11.0 Å². The normalized spacial score (nSPS) is 16.8. The van der Waals surface area contributed by atoms with E-state index in [9.17, 15) is 18.0 Å². The maximum absolute atomic E-state index is 12.0. The van der Waals surface area contributed by atoms with Gasteiger partial charge < -0.3 is 10.6 Å². The third-order valence-corrected chi connectivity index (χ3v) is 4.46. The molecule has 112 valence electrons. The molecule has 1 atom stereocenters. The van der Waals surface area contributed by atoms with Crippen molar-refractivity contribution in [3.63, 3.8) is 0 Å². The van der Waals surface area contributed by atoms with Crippen LogP contribution < -0.4 is 10.6 Å². The summed E-state index contributed by atoms with van der Waals surface area (Å²) in [6.07, 6.45) is -2.18. The number of anilines is 1. The van der Waals surface area contributed by atoms with Crippen molar-refractivity contribution in [1.82, 2.24) is 15.5 Å². The number of carbonyl (C=O) groups is 1. The van der Waals surface area contributed by atoms with Gasteiger partial charge >= 0.3 is 6.18 Å². The summed E-state index contributed by atoms with van der Waals surface area (Å²) in [7, 11) is 0. The van der Waals surface area contributed by atoms with Gasteiger partial charge in [0.05, 0.1) is 5.25 Å². The van der Waals surface area contributed by atoms with E-state index in [1.165, 1.54) is 18.3 Å². The predicted octanol–water partition coefficient (Wildman–Crippen LogP) is 2.27. The van der Waals surface area contributed by atoms with Crippen molar-refractivity contribution in [2.45, 2.75) is 41.6 Å². The van der Waals surface area contributed by atoms with Crippen LogP contribution in [0.4, 0.5) is 18.3 Å². The van der Waals surface area contributed by atoms with E-state index in [0.717, 1.165) is 24.6 Å². The number of alkyl halides is 3. The van der Waals surface area contributed by atoms with Gasteiger partial charge in [-0.05, 0) is 19.8 Å². The molecular formula is C10H13F3N4OS2. The van der Waals surface area contributed by atoms with Gasteiger partial charge in [-0.15, -0.1) is 10.2 Å². The Morgan fingerprint density at radius 3 is 2.80 bits per heavy atom. The number of thioether (sulfide) groups is 1. The van der Waals surface area contributed by atoms with Crippen LogP contribution in [0, 0.1) is 0 Å². The second-order valence-corrected chi connectivity index (χ2v) is 6.95. The van der Waals surface area contributed by atoms with Gasteiger partial charge in [-0.2, -0.15) is 13.2 Å². The number of rotatable bonds is 6. The van der Waals surface area contributed by atoms with E-state index < -0.39 is 23.9 Å². The van der Waals surface area contributed by atoms with E-state index in [1.54, 1.807) is 0 Å². The molecule has 20 heavy (non-hydrogen) atoms. The van der Waals surface area contributed by atoms with Crippen LogP contribution in [-0.4, -0.2) is 40.1 Å². The largest absolute Gasteiger partial charge is 0.405 e. The van der Waals surface area contributed by atoms with Crippen LogP contribution in [0.2, 0.25) is 0 Å². The molecule has 0 saturated heterocycles. The molecule has 1 heterocycles. The highest BCUT2D eigenvalue weighted by molar-refractivity contribution is 8.02. The molecule has 0 bridgehead atoms. The second kappa shape index (κ2) is 6.17. The summed E-state index contributed by atoms with van der Waals surface area (Å²) in [5, 5.41) is 12.9. The zero-order valence-electron chi connectivity index (χ0n) is 10.5. The molecule has 0 aromatic carbocycles. The molecule has 1 aromatic rings. The molecule has 1 unspecified atom stereocenters. The lowest BCUT2D eigenvalue weighted by Gasteiger charge is -2.11. The monoisotopic (exact) mass is 326 g/mol. The first-order valence-electron chi connectivity index (χ1n) is 5.94.